The fraction of sp³-hybridized carbons (Fsp3) is 0.133. The number of nitrogen functional groups attached to an aromatic ring is 1. The summed E-state index contributed by atoms with van der Waals surface area (Å²) in [5, 5.41) is 1.06. The van der Waals surface area contributed by atoms with Gasteiger partial charge in [-0.2, -0.15) is 0 Å². The van der Waals surface area contributed by atoms with Crippen LogP contribution in [0.2, 0.25) is 10.0 Å². The minimum Gasteiger partial charge on any atom is -0.368 e. The van der Waals surface area contributed by atoms with Crippen molar-refractivity contribution in [3.05, 3.63) is 52.2 Å². The van der Waals surface area contributed by atoms with E-state index >= 15 is 0 Å². The number of imidazole rings is 1. The molecule has 0 unspecified atom stereocenters. The van der Waals surface area contributed by atoms with E-state index in [1.807, 2.05) is 30.7 Å². The fourth-order valence-corrected chi connectivity index (χ4v) is 2.81. The second-order valence-electron chi connectivity index (χ2n) is 4.89. The number of benzene rings is 1. The molecule has 0 fully saturated rings. The van der Waals surface area contributed by atoms with Gasteiger partial charge in [-0.25, -0.2) is 15.0 Å². The molecule has 0 atom stereocenters. The first kappa shape index (κ1) is 14.8. The third-order valence-electron chi connectivity index (χ3n) is 3.24. The van der Waals surface area contributed by atoms with Gasteiger partial charge in [0.2, 0.25) is 5.95 Å². The summed E-state index contributed by atoms with van der Waals surface area (Å²) in [6.45, 7) is 3.84. The van der Waals surface area contributed by atoms with E-state index < -0.39 is 0 Å². The Hall–Kier alpha value is -2.11. The Labute approximate surface area is 137 Å². The number of nitrogens with zero attached hydrogens (tertiary/aromatic N) is 4. The number of halogens is 2. The smallest absolute Gasteiger partial charge is 0.220 e. The quantitative estimate of drug-likeness (QED) is 0.773. The van der Waals surface area contributed by atoms with Gasteiger partial charge >= 0.3 is 0 Å². The Morgan fingerprint density at radius 2 is 1.91 bits per heavy atom. The maximum absolute atomic E-state index is 6.31. The molecule has 0 radical (unpaired) electrons. The average Bonchev–Trinajstić information content (AvgIpc) is 2.77. The second kappa shape index (κ2) is 5.59. The van der Waals surface area contributed by atoms with E-state index in [-0.39, 0.29) is 5.95 Å². The minimum absolute atomic E-state index is 0.180. The van der Waals surface area contributed by atoms with Crippen molar-refractivity contribution < 1.29 is 0 Å². The lowest BCUT2D eigenvalue weighted by Crippen LogP contribution is -2.05. The van der Waals surface area contributed by atoms with Crippen LogP contribution < -0.4 is 5.73 Å². The largest absolute Gasteiger partial charge is 0.368 e. The highest BCUT2D eigenvalue weighted by Gasteiger charge is 2.15. The van der Waals surface area contributed by atoms with Crippen LogP contribution in [0.3, 0.4) is 0 Å². The van der Waals surface area contributed by atoms with Crippen LogP contribution in [0, 0.1) is 13.8 Å². The molecule has 3 aromatic rings. The zero-order valence-electron chi connectivity index (χ0n) is 12.0. The molecule has 0 spiro atoms. The van der Waals surface area contributed by atoms with Gasteiger partial charge in [0.1, 0.15) is 11.5 Å². The Kier molecular flexibility index (Phi) is 3.76. The van der Waals surface area contributed by atoms with Crippen molar-refractivity contribution in [2.24, 2.45) is 0 Å². The van der Waals surface area contributed by atoms with E-state index in [4.69, 9.17) is 28.9 Å². The van der Waals surface area contributed by atoms with Gasteiger partial charge < -0.3 is 10.3 Å². The molecule has 2 N–H and O–H groups in total. The summed E-state index contributed by atoms with van der Waals surface area (Å²) in [5.74, 6) is 1.01. The fourth-order valence-electron chi connectivity index (χ4n) is 2.31. The standard InChI is InChI=1S/C15H13Cl2N5/c1-8-7-22(9(2)20-8)13-6-19-15(18)21-14(13)11-4-3-10(16)5-12(11)17/h3-7H,1-2H3,(H2,18,19,21). The van der Waals surface area contributed by atoms with Crippen molar-refractivity contribution in [1.82, 2.24) is 19.5 Å². The van der Waals surface area contributed by atoms with Crippen molar-refractivity contribution in [1.29, 1.82) is 0 Å². The van der Waals surface area contributed by atoms with E-state index in [0.717, 1.165) is 22.8 Å². The van der Waals surface area contributed by atoms with Crippen LogP contribution in [0.25, 0.3) is 16.9 Å². The third kappa shape index (κ3) is 2.65. The van der Waals surface area contributed by atoms with Crippen molar-refractivity contribution in [2.75, 3.05) is 5.73 Å². The van der Waals surface area contributed by atoms with Crippen molar-refractivity contribution >= 4 is 29.2 Å². The van der Waals surface area contributed by atoms with Gasteiger partial charge in [-0.3, -0.25) is 0 Å². The van der Waals surface area contributed by atoms with Crippen molar-refractivity contribution in [3.8, 4) is 16.9 Å². The van der Waals surface area contributed by atoms with Crippen LogP contribution in [0.15, 0.2) is 30.6 Å². The Balaban J connectivity index is 2.27. The lowest BCUT2D eigenvalue weighted by molar-refractivity contribution is 0.954. The van der Waals surface area contributed by atoms with Crippen LogP contribution in [0.4, 0.5) is 5.95 Å². The highest BCUT2D eigenvalue weighted by molar-refractivity contribution is 6.36. The average molecular weight is 334 g/mol. The van der Waals surface area contributed by atoms with E-state index in [9.17, 15) is 0 Å². The summed E-state index contributed by atoms with van der Waals surface area (Å²) in [6, 6.07) is 5.25. The predicted octanol–water partition coefficient (Wildman–Crippen LogP) is 3.84. The maximum Gasteiger partial charge on any atom is 0.220 e. The van der Waals surface area contributed by atoms with Crippen LogP contribution >= 0.6 is 23.2 Å². The highest BCUT2D eigenvalue weighted by Crippen LogP contribution is 2.33. The lowest BCUT2D eigenvalue weighted by Gasteiger charge is -2.12. The monoisotopic (exact) mass is 333 g/mol. The number of anilines is 1. The zero-order valence-corrected chi connectivity index (χ0v) is 13.5. The van der Waals surface area contributed by atoms with Crippen molar-refractivity contribution in [2.45, 2.75) is 13.8 Å². The molecule has 112 valence electrons. The molecule has 2 aromatic heterocycles. The molecule has 5 nitrogen and oxygen atoms in total. The summed E-state index contributed by atoms with van der Waals surface area (Å²) in [5.41, 5.74) is 8.79. The highest BCUT2D eigenvalue weighted by atomic mass is 35.5. The molecular formula is C15H13Cl2N5. The van der Waals surface area contributed by atoms with Crippen LogP contribution in [0.1, 0.15) is 11.5 Å². The Morgan fingerprint density at radius 1 is 1.14 bits per heavy atom. The summed E-state index contributed by atoms with van der Waals surface area (Å²) in [7, 11) is 0. The third-order valence-corrected chi connectivity index (χ3v) is 3.78. The molecule has 0 saturated heterocycles. The van der Waals surface area contributed by atoms with Gasteiger partial charge in [-0.1, -0.05) is 23.2 Å². The number of aryl methyl sites for hydroxylation is 2. The molecule has 3 rings (SSSR count). The lowest BCUT2D eigenvalue weighted by atomic mass is 10.1. The number of hydrogen-bond donors (Lipinski definition) is 1. The molecule has 0 aliphatic carbocycles. The zero-order chi connectivity index (χ0) is 15.9. The number of aromatic nitrogens is 4. The molecule has 1 aromatic carbocycles. The Morgan fingerprint density at radius 3 is 2.55 bits per heavy atom. The molecule has 2 heterocycles. The van der Waals surface area contributed by atoms with Gasteiger partial charge in [0.15, 0.2) is 0 Å². The first-order chi connectivity index (χ1) is 10.5. The van der Waals surface area contributed by atoms with Gasteiger partial charge in [0, 0.05) is 16.8 Å². The molecule has 7 heteroatoms. The van der Waals surface area contributed by atoms with Gasteiger partial charge in [-0.05, 0) is 32.0 Å². The normalized spacial score (nSPS) is 10.9. The Bertz CT molecular complexity index is 857. The summed E-state index contributed by atoms with van der Waals surface area (Å²) in [4.78, 5) is 12.8. The summed E-state index contributed by atoms with van der Waals surface area (Å²) in [6.07, 6.45) is 3.58. The molecule has 0 aliphatic rings. The van der Waals surface area contributed by atoms with Crippen LogP contribution in [0.5, 0.6) is 0 Å². The molecule has 0 aliphatic heterocycles. The topological polar surface area (TPSA) is 69.6 Å². The second-order valence-corrected chi connectivity index (χ2v) is 5.73. The SMILES string of the molecule is Cc1cn(-c2cnc(N)nc2-c2ccc(Cl)cc2Cl)c(C)n1. The molecule has 22 heavy (non-hydrogen) atoms. The van der Waals surface area contributed by atoms with Crippen LogP contribution in [-0.4, -0.2) is 19.5 Å². The van der Waals surface area contributed by atoms with E-state index in [1.165, 1.54) is 0 Å². The first-order valence-electron chi connectivity index (χ1n) is 6.56. The number of nitrogens with two attached hydrogens (primary N) is 1. The van der Waals surface area contributed by atoms with E-state index in [2.05, 4.69) is 15.0 Å². The first-order valence-corrected chi connectivity index (χ1v) is 7.32. The molecular weight excluding hydrogens is 321 g/mol. The number of rotatable bonds is 2. The van der Waals surface area contributed by atoms with Gasteiger partial charge in [0.05, 0.1) is 22.6 Å². The molecule has 0 bridgehead atoms. The summed E-state index contributed by atoms with van der Waals surface area (Å²) < 4.78 is 1.91. The molecule has 0 saturated carbocycles. The minimum atomic E-state index is 0.180. The van der Waals surface area contributed by atoms with E-state index in [1.54, 1.807) is 18.3 Å². The maximum atomic E-state index is 6.31. The predicted molar refractivity (Wildman–Crippen MR) is 88.5 cm³/mol. The van der Waals surface area contributed by atoms with Crippen molar-refractivity contribution in [3.63, 3.8) is 0 Å². The molecule has 0 amide bonds. The van der Waals surface area contributed by atoms with Gasteiger partial charge in [0.25, 0.3) is 0 Å². The van der Waals surface area contributed by atoms with Crippen LogP contribution in [-0.2, 0) is 0 Å². The van der Waals surface area contributed by atoms with Gasteiger partial charge in [-0.15, -0.1) is 0 Å². The summed E-state index contributed by atoms with van der Waals surface area (Å²) >= 11 is 12.3. The number of hydrogen-bond acceptors (Lipinski definition) is 4. The van der Waals surface area contributed by atoms with E-state index in [0.29, 0.717) is 15.7 Å².